The minimum absolute atomic E-state index is 0.166. The number of nitrogens with zero attached hydrogens (tertiary/aromatic N) is 1. The highest BCUT2D eigenvalue weighted by Crippen LogP contribution is 2.27. The molecule has 0 aliphatic heterocycles. The third-order valence-electron chi connectivity index (χ3n) is 2.57. The van der Waals surface area contributed by atoms with Crippen molar-refractivity contribution >= 4 is 11.8 Å². The number of pyridine rings is 1. The molecule has 2 aromatic rings. The lowest BCUT2D eigenvalue weighted by Gasteiger charge is -2.05. The van der Waals surface area contributed by atoms with Gasteiger partial charge in [-0.15, -0.1) is 11.8 Å². The Balaban J connectivity index is 2.01. The van der Waals surface area contributed by atoms with Gasteiger partial charge >= 0.3 is 0 Å². The molecule has 100 valence electrons. The molecule has 0 atom stereocenters. The van der Waals surface area contributed by atoms with Crippen LogP contribution in [-0.2, 0) is 5.75 Å². The number of aromatic nitrogens is 1. The van der Waals surface area contributed by atoms with Crippen molar-refractivity contribution in [3.05, 3.63) is 48.0 Å². The summed E-state index contributed by atoms with van der Waals surface area (Å²) >= 11 is 1.58. The summed E-state index contributed by atoms with van der Waals surface area (Å²) in [4.78, 5) is 4.53. The van der Waals surface area contributed by atoms with E-state index in [9.17, 15) is 4.39 Å². The first-order valence-electron chi connectivity index (χ1n) is 5.68. The van der Waals surface area contributed by atoms with E-state index in [4.69, 9.17) is 9.47 Å². The van der Waals surface area contributed by atoms with E-state index < -0.39 is 5.95 Å². The topological polar surface area (TPSA) is 31.4 Å². The van der Waals surface area contributed by atoms with Gasteiger partial charge in [-0.3, -0.25) is 0 Å². The van der Waals surface area contributed by atoms with Gasteiger partial charge in [0.2, 0.25) is 0 Å². The first kappa shape index (κ1) is 13.7. The molecule has 0 bridgehead atoms. The summed E-state index contributed by atoms with van der Waals surface area (Å²) in [6.07, 6.45) is 1.51. The molecule has 0 saturated heterocycles. The van der Waals surface area contributed by atoms with E-state index in [0.717, 1.165) is 22.0 Å². The van der Waals surface area contributed by atoms with Crippen LogP contribution in [0.2, 0.25) is 0 Å². The lowest BCUT2D eigenvalue weighted by molar-refractivity contribution is 0.376. The molecule has 0 fully saturated rings. The van der Waals surface area contributed by atoms with E-state index in [1.54, 1.807) is 24.9 Å². The molecule has 0 aliphatic carbocycles. The second kappa shape index (κ2) is 6.43. The largest absolute Gasteiger partial charge is 0.497 e. The van der Waals surface area contributed by atoms with Crippen molar-refractivity contribution < 1.29 is 13.9 Å². The molecule has 3 nitrogen and oxygen atoms in total. The standard InChI is InChI=1S/C14H14FNO2S/c1-17-11-5-3-10(4-6-11)9-19-12-7-13(18-2)14(15)16-8-12/h3-8H,9H2,1-2H3. The monoisotopic (exact) mass is 279 g/mol. The average molecular weight is 279 g/mol. The number of ether oxygens (including phenoxy) is 2. The summed E-state index contributed by atoms with van der Waals surface area (Å²) in [5, 5.41) is 0. The second-order valence-corrected chi connectivity index (χ2v) is 4.85. The smallest absolute Gasteiger partial charge is 0.255 e. The molecule has 0 N–H and O–H groups in total. The first-order valence-corrected chi connectivity index (χ1v) is 6.66. The van der Waals surface area contributed by atoms with Crippen LogP contribution in [0.3, 0.4) is 0 Å². The van der Waals surface area contributed by atoms with Crippen LogP contribution < -0.4 is 9.47 Å². The maximum absolute atomic E-state index is 13.2. The Morgan fingerprint density at radius 3 is 2.53 bits per heavy atom. The lowest BCUT2D eigenvalue weighted by atomic mass is 10.2. The van der Waals surface area contributed by atoms with Crippen LogP contribution in [0.15, 0.2) is 41.4 Å². The normalized spacial score (nSPS) is 10.3. The Kier molecular flexibility index (Phi) is 4.63. The van der Waals surface area contributed by atoms with E-state index in [1.165, 1.54) is 13.3 Å². The molecule has 0 saturated carbocycles. The van der Waals surface area contributed by atoms with Gasteiger partial charge in [0.15, 0.2) is 5.75 Å². The van der Waals surface area contributed by atoms with Crippen molar-refractivity contribution in [3.8, 4) is 11.5 Å². The molecule has 2 rings (SSSR count). The van der Waals surface area contributed by atoms with Crippen LogP contribution in [0.25, 0.3) is 0 Å². The van der Waals surface area contributed by atoms with E-state index in [1.807, 2.05) is 24.3 Å². The third-order valence-corrected chi connectivity index (χ3v) is 3.60. The number of hydrogen-bond acceptors (Lipinski definition) is 4. The molecule has 0 aliphatic rings. The van der Waals surface area contributed by atoms with E-state index in [0.29, 0.717) is 0 Å². The molecular weight excluding hydrogens is 265 g/mol. The van der Waals surface area contributed by atoms with Crippen LogP contribution in [0, 0.1) is 5.95 Å². The van der Waals surface area contributed by atoms with E-state index in [2.05, 4.69) is 4.98 Å². The van der Waals surface area contributed by atoms with E-state index >= 15 is 0 Å². The molecule has 0 spiro atoms. The number of halogens is 1. The molecule has 5 heteroatoms. The van der Waals surface area contributed by atoms with Gasteiger partial charge in [-0.2, -0.15) is 4.39 Å². The van der Waals surface area contributed by atoms with E-state index in [-0.39, 0.29) is 5.75 Å². The van der Waals surface area contributed by atoms with Crippen molar-refractivity contribution in [2.75, 3.05) is 14.2 Å². The van der Waals surface area contributed by atoms with Gasteiger partial charge in [-0.1, -0.05) is 12.1 Å². The minimum atomic E-state index is -0.587. The SMILES string of the molecule is COc1ccc(CSc2cnc(F)c(OC)c2)cc1. The Labute approximate surface area is 115 Å². The molecule has 1 aromatic heterocycles. The fraction of sp³-hybridized carbons (Fsp3) is 0.214. The fourth-order valence-electron chi connectivity index (χ4n) is 1.52. The van der Waals surface area contributed by atoms with Crippen LogP contribution in [0.4, 0.5) is 4.39 Å². The molecule has 1 heterocycles. The minimum Gasteiger partial charge on any atom is -0.497 e. The van der Waals surface area contributed by atoms with Gasteiger partial charge in [0.1, 0.15) is 5.75 Å². The fourth-order valence-corrected chi connectivity index (χ4v) is 2.36. The zero-order chi connectivity index (χ0) is 13.7. The zero-order valence-corrected chi connectivity index (χ0v) is 11.5. The summed E-state index contributed by atoms with van der Waals surface area (Å²) in [7, 11) is 3.07. The molecule has 0 radical (unpaired) electrons. The Morgan fingerprint density at radius 2 is 1.89 bits per heavy atom. The number of rotatable bonds is 5. The molecule has 19 heavy (non-hydrogen) atoms. The maximum Gasteiger partial charge on any atom is 0.255 e. The highest BCUT2D eigenvalue weighted by Gasteiger charge is 2.05. The predicted molar refractivity (Wildman–Crippen MR) is 73.3 cm³/mol. The van der Waals surface area contributed by atoms with Crippen molar-refractivity contribution in [2.45, 2.75) is 10.6 Å². The van der Waals surface area contributed by atoms with Crippen LogP contribution in [-0.4, -0.2) is 19.2 Å². The van der Waals surface area contributed by atoms with Gasteiger partial charge in [0.25, 0.3) is 5.95 Å². The van der Waals surface area contributed by atoms with Gasteiger partial charge < -0.3 is 9.47 Å². The maximum atomic E-state index is 13.2. The van der Waals surface area contributed by atoms with Gasteiger partial charge in [0.05, 0.1) is 14.2 Å². The highest BCUT2D eigenvalue weighted by atomic mass is 32.2. The summed E-state index contributed by atoms with van der Waals surface area (Å²) in [5.74, 6) is 1.19. The molecule has 1 aromatic carbocycles. The number of hydrogen-bond donors (Lipinski definition) is 0. The summed E-state index contributed by atoms with van der Waals surface area (Å²) in [6, 6.07) is 9.48. The van der Waals surface area contributed by atoms with Crippen LogP contribution in [0.1, 0.15) is 5.56 Å². The number of methoxy groups -OCH3 is 2. The number of benzene rings is 1. The van der Waals surface area contributed by atoms with Crippen molar-refractivity contribution in [1.82, 2.24) is 4.98 Å². The van der Waals surface area contributed by atoms with Crippen LogP contribution in [0.5, 0.6) is 11.5 Å². The lowest BCUT2D eigenvalue weighted by Crippen LogP contribution is -1.92. The Bertz CT molecular complexity index is 546. The van der Waals surface area contributed by atoms with Crippen molar-refractivity contribution in [2.24, 2.45) is 0 Å². The van der Waals surface area contributed by atoms with Crippen molar-refractivity contribution in [3.63, 3.8) is 0 Å². The quantitative estimate of drug-likeness (QED) is 0.619. The van der Waals surface area contributed by atoms with Gasteiger partial charge in [-0.25, -0.2) is 4.98 Å². The zero-order valence-electron chi connectivity index (χ0n) is 10.7. The summed E-state index contributed by atoms with van der Waals surface area (Å²) in [5.41, 5.74) is 1.16. The Morgan fingerprint density at radius 1 is 1.16 bits per heavy atom. The molecular formula is C14H14FNO2S. The molecule has 0 amide bonds. The van der Waals surface area contributed by atoms with Gasteiger partial charge in [0, 0.05) is 22.9 Å². The van der Waals surface area contributed by atoms with Gasteiger partial charge in [-0.05, 0) is 17.7 Å². The Hall–Kier alpha value is -1.75. The molecule has 0 unspecified atom stereocenters. The summed E-state index contributed by atoms with van der Waals surface area (Å²) < 4.78 is 23.2. The highest BCUT2D eigenvalue weighted by molar-refractivity contribution is 7.98. The average Bonchev–Trinajstić information content (AvgIpc) is 2.47. The van der Waals surface area contributed by atoms with Crippen molar-refractivity contribution in [1.29, 1.82) is 0 Å². The number of thioether (sulfide) groups is 1. The first-order chi connectivity index (χ1) is 9.22. The summed E-state index contributed by atoms with van der Waals surface area (Å²) in [6.45, 7) is 0. The van der Waals surface area contributed by atoms with Crippen LogP contribution >= 0.6 is 11.8 Å². The third kappa shape index (κ3) is 3.61. The predicted octanol–water partition coefficient (Wildman–Crippen LogP) is 3.53. The second-order valence-electron chi connectivity index (χ2n) is 3.80.